The van der Waals surface area contributed by atoms with Gasteiger partial charge in [-0.05, 0) is 57.0 Å². The zero-order valence-electron chi connectivity index (χ0n) is 22.3. The minimum Gasteiger partial charge on any atom is -0.483 e. The van der Waals surface area contributed by atoms with Gasteiger partial charge in [0.2, 0.25) is 6.39 Å². The molecule has 2 aromatic heterocycles. The summed E-state index contributed by atoms with van der Waals surface area (Å²) in [6.07, 6.45) is 5.97. The molecule has 2 aliphatic rings. The topological polar surface area (TPSA) is 96.0 Å². The normalized spacial score (nSPS) is 19.7. The summed E-state index contributed by atoms with van der Waals surface area (Å²) in [4.78, 5) is 21.1. The Labute approximate surface area is 239 Å². The maximum Gasteiger partial charge on any atom is 0.270 e. The Bertz CT molecular complexity index is 1230. The van der Waals surface area contributed by atoms with Crippen molar-refractivity contribution in [2.45, 2.75) is 51.7 Å². The highest BCUT2D eigenvalue weighted by Gasteiger charge is 2.34. The fourth-order valence-electron chi connectivity index (χ4n) is 5.43. The Kier molecular flexibility index (Phi) is 9.28. The van der Waals surface area contributed by atoms with E-state index in [0.717, 1.165) is 50.7 Å². The van der Waals surface area contributed by atoms with Gasteiger partial charge in [-0.3, -0.25) is 9.80 Å². The lowest BCUT2D eigenvalue weighted by Crippen LogP contribution is -2.58. The van der Waals surface area contributed by atoms with Crippen LogP contribution in [0.25, 0.3) is 11.6 Å². The summed E-state index contributed by atoms with van der Waals surface area (Å²) >= 11 is 12.7. The summed E-state index contributed by atoms with van der Waals surface area (Å²) in [6, 6.07) is 9.16. The Morgan fingerprint density at radius 3 is 2.56 bits per heavy atom. The van der Waals surface area contributed by atoms with Gasteiger partial charge in [-0.25, -0.2) is 9.97 Å². The van der Waals surface area contributed by atoms with Crippen LogP contribution in [0.1, 0.15) is 38.7 Å². The Hall–Kier alpha value is -2.79. The number of hydrogen-bond donors (Lipinski definition) is 0. The van der Waals surface area contributed by atoms with Crippen molar-refractivity contribution in [3.63, 3.8) is 0 Å². The number of nitrogens with zero attached hydrogens (tertiary/aromatic N) is 8. The number of piperidine rings is 1. The number of benzene rings is 1. The summed E-state index contributed by atoms with van der Waals surface area (Å²) in [7, 11) is 0. The number of rotatable bonds is 9. The van der Waals surface area contributed by atoms with Crippen LogP contribution in [0.5, 0.6) is 0 Å². The van der Waals surface area contributed by atoms with Crippen molar-refractivity contribution >= 4 is 41.2 Å². The maximum absolute atomic E-state index is 6.67. The minimum absolute atomic E-state index is 0.207. The largest absolute Gasteiger partial charge is 0.483 e. The average molecular weight is 574 g/mol. The van der Waals surface area contributed by atoms with Gasteiger partial charge >= 0.3 is 0 Å². The molecule has 5 rings (SSSR count). The zero-order chi connectivity index (χ0) is 27.2. The first-order chi connectivity index (χ1) is 19.1. The van der Waals surface area contributed by atoms with Crippen LogP contribution in [0.3, 0.4) is 0 Å². The smallest absolute Gasteiger partial charge is 0.270 e. The van der Waals surface area contributed by atoms with Crippen molar-refractivity contribution in [2.24, 2.45) is 4.99 Å². The number of halogens is 2. The molecule has 208 valence electrons. The molecule has 39 heavy (non-hydrogen) atoms. The predicted octanol–water partition coefficient (Wildman–Crippen LogP) is 5.09. The molecule has 12 heteroatoms. The van der Waals surface area contributed by atoms with Crippen LogP contribution in [0.15, 0.2) is 40.1 Å². The molecule has 0 aliphatic carbocycles. The van der Waals surface area contributed by atoms with E-state index in [4.69, 9.17) is 37.3 Å². The van der Waals surface area contributed by atoms with Crippen LogP contribution < -0.4 is 4.90 Å². The third kappa shape index (κ3) is 6.69. The summed E-state index contributed by atoms with van der Waals surface area (Å²) in [5, 5.41) is 8.78. The van der Waals surface area contributed by atoms with Crippen LogP contribution in [-0.2, 0) is 11.3 Å². The SMILES string of the molecule is CCOC=Nc1nc(N2CCN(C3CCN(Cc4ccc(Cl)cc4)CC3)[C@@H](CC)C2)c(Cl)nc1-c1nnco1. The molecule has 0 unspecified atom stereocenters. The number of ether oxygens (including phenoxy) is 1. The van der Waals surface area contributed by atoms with Crippen molar-refractivity contribution in [1.29, 1.82) is 0 Å². The van der Waals surface area contributed by atoms with Crippen LogP contribution in [0.4, 0.5) is 11.6 Å². The van der Waals surface area contributed by atoms with Crippen molar-refractivity contribution < 1.29 is 9.15 Å². The molecule has 0 spiro atoms. The lowest BCUT2D eigenvalue weighted by molar-refractivity contribution is 0.0610. The molecule has 0 radical (unpaired) electrons. The molecule has 2 fully saturated rings. The quantitative estimate of drug-likeness (QED) is 0.256. The maximum atomic E-state index is 6.67. The first-order valence-corrected chi connectivity index (χ1v) is 14.3. The monoisotopic (exact) mass is 572 g/mol. The van der Waals surface area contributed by atoms with E-state index in [1.807, 2.05) is 19.1 Å². The van der Waals surface area contributed by atoms with E-state index in [9.17, 15) is 0 Å². The summed E-state index contributed by atoms with van der Waals surface area (Å²) in [5.41, 5.74) is 1.64. The Balaban J connectivity index is 1.25. The fourth-order valence-corrected chi connectivity index (χ4v) is 5.81. The van der Waals surface area contributed by atoms with Crippen molar-refractivity contribution in [2.75, 3.05) is 44.2 Å². The third-order valence-electron chi connectivity index (χ3n) is 7.44. The molecule has 0 amide bonds. The molecule has 4 heterocycles. The van der Waals surface area contributed by atoms with E-state index in [0.29, 0.717) is 36.0 Å². The minimum atomic E-state index is 0.207. The third-order valence-corrected chi connectivity index (χ3v) is 7.95. The van der Waals surface area contributed by atoms with Crippen LogP contribution in [0.2, 0.25) is 10.2 Å². The Morgan fingerprint density at radius 1 is 1.08 bits per heavy atom. The summed E-state index contributed by atoms with van der Waals surface area (Å²) < 4.78 is 10.6. The van der Waals surface area contributed by atoms with Crippen molar-refractivity contribution in [1.82, 2.24) is 30.0 Å². The van der Waals surface area contributed by atoms with Crippen molar-refractivity contribution in [3.8, 4) is 11.6 Å². The van der Waals surface area contributed by atoms with E-state index in [1.165, 1.54) is 31.2 Å². The highest BCUT2D eigenvalue weighted by molar-refractivity contribution is 6.32. The molecule has 10 nitrogen and oxygen atoms in total. The lowest BCUT2D eigenvalue weighted by Gasteiger charge is -2.47. The second-order valence-electron chi connectivity index (χ2n) is 9.82. The molecule has 0 bridgehead atoms. The van der Waals surface area contributed by atoms with Crippen molar-refractivity contribution in [3.05, 3.63) is 46.4 Å². The zero-order valence-corrected chi connectivity index (χ0v) is 23.9. The first-order valence-electron chi connectivity index (χ1n) is 13.5. The highest BCUT2D eigenvalue weighted by atomic mass is 35.5. The van der Waals surface area contributed by atoms with E-state index >= 15 is 0 Å². The van der Waals surface area contributed by atoms with Crippen LogP contribution >= 0.6 is 23.2 Å². The second-order valence-corrected chi connectivity index (χ2v) is 10.6. The van der Waals surface area contributed by atoms with Gasteiger partial charge in [0.15, 0.2) is 28.9 Å². The summed E-state index contributed by atoms with van der Waals surface area (Å²) in [6.45, 7) is 10.4. The lowest BCUT2D eigenvalue weighted by atomic mass is 9.98. The first kappa shape index (κ1) is 27.8. The van der Waals surface area contributed by atoms with Crippen LogP contribution in [0, 0.1) is 0 Å². The van der Waals surface area contributed by atoms with E-state index in [1.54, 1.807) is 0 Å². The molecule has 1 atom stereocenters. The van der Waals surface area contributed by atoms with E-state index < -0.39 is 0 Å². The number of anilines is 1. The summed E-state index contributed by atoms with van der Waals surface area (Å²) in [5.74, 6) is 1.15. The molecule has 2 aliphatic heterocycles. The standard InChI is InChI=1S/C27H34Cl2N8O2/c1-3-21-16-36(26-24(29)32-23(27-34-31-18-39-27)25(33-26)30-17-38-4-2)13-14-37(21)22-9-11-35(12-10-22)15-19-5-7-20(28)8-6-19/h5-8,17-18,21-22H,3-4,9-16H2,1-2H3/t21-/m0/s1. The molecule has 2 saturated heterocycles. The molecule has 1 aromatic carbocycles. The molecular weight excluding hydrogens is 539 g/mol. The van der Waals surface area contributed by atoms with E-state index in [-0.39, 0.29) is 11.0 Å². The van der Waals surface area contributed by atoms with Gasteiger partial charge in [-0.2, -0.15) is 4.99 Å². The molecular formula is C27H34Cl2N8O2. The molecule has 3 aromatic rings. The van der Waals surface area contributed by atoms with E-state index in [2.05, 4.69) is 53.9 Å². The highest BCUT2D eigenvalue weighted by Crippen LogP contribution is 2.34. The van der Waals surface area contributed by atoms with Gasteiger partial charge in [0.05, 0.1) is 6.61 Å². The number of likely N-dealkylation sites (tertiary alicyclic amines) is 1. The average Bonchev–Trinajstić information content (AvgIpc) is 3.50. The van der Waals surface area contributed by atoms with Gasteiger partial charge in [-0.15, -0.1) is 10.2 Å². The number of hydrogen-bond acceptors (Lipinski definition) is 10. The van der Waals surface area contributed by atoms with Gasteiger partial charge in [0.25, 0.3) is 5.89 Å². The molecule has 0 saturated carbocycles. The number of aliphatic imine (C=N–C) groups is 1. The van der Waals surface area contributed by atoms with Gasteiger partial charge < -0.3 is 14.1 Å². The van der Waals surface area contributed by atoms with Gasteiger partial charge in [0, 0.05) is 43.3 Å². The Morgan fingerprint density at radius 2 is 1.87 bits per heavy atom. The van der Waals surface area contributed by atoms with Gasteiger partial charge in [-0.1, -0.05) is 42.3 Å². The molecule has 0 N–H and O–H groups in total. The van der Waals surface area contributed by atoms with Gasteiger partial charge in [0.1, 0.15) is 0 Å². The number of piperazine rings is 1. The second kappa shape index (κ2) is 13.0. The number of aromatic nitrogens is 4. The fraction of sp³-hybridized carbons (Fsp3) is 0.519. The van der Waals surface area contributed by atoms with Crippen LogP contribution in [-0.4, -0.2) is 87.8 Å². The predicted molar refractivity (Wildman–Crippen MR) is 153 cm³/mol.